The minimum Gasteiger partial charge on any atom is -0.480 e. The number of aliphatic hydroxyl groups excluding tert-OH is 1. The molecule has 3 aromatic carbocycles. The first kappa shape index (κ1) is 27.8. The van der Waals surface area contributed by atoms with Gasteiger partial charge in [-0.05, 0) is 48.8 Å². The van der Waals surface area contributed by atoms with Gasteiger partial charge in [-0.15, -0.1) is 0 Å². The van der Waals surface area contributed by atoms with Crippen molar-refractivity contribution in [1.82, 2.24) is 5.32 Å². The van der Waals surface area contributed by atoms with Crippen molar-refractivity contribution in [3.8, 4) is 22.6 Å². The number of halogens is 5. The van der Waals surface area contributed by atoms with Crippen LogP contribution in [0.3, 0.4) is 0 Å². The van der Waals surface area contributed by atoms with Gasteiger partial charge in [0.05, 0.1) is 16.7 Å². The fourth-order valence-corrected chi connectivity index (χ4v) is 6.97. The number of hydrogen-bond donors (Lipinski definition) is 3. The zero-order chi connectivity index (χ0) is 29.1. The molecule has 1 heterocycles. The van der Waals surface area contributed by atoms with Crippen LogP contribution in [0.15, 0.2) is 48.5 Å². The van der Waals surface area contributed by atoms with Crippen molar-refractivity contribution in [2.75, 3.05) is 6.54 Å². The fourth-order valence-electron chi connectivity index (χ4n) is 6.71. The number of carbonyl (C=O) groups is 1. The number of carbonyl (C=O) groups excluding carboxylic acids is 1. The Morgan fingerprint density at radius 3 is 2.46 bits per heavy atom. The Bertz CT molecular complexity index is 1510. The van der Waals surface area contributed by atoms with Gasteiger partial charge in [-0.1, -0.05) is 41.9 Å². The van der Waals surface area contributed by atoms with E-state index in [1.165, 1.54) is 0 Å². The maximum atomic E-state index is 15.8. The van der Waals surface area contributed by atoms with E-state index in [1.54, 1.807) is 0 Å². The number of nitrogens with one attached hydrogen (secondary N) is 1. The van der Waals surface area contributed by atoms with Crippen molar-refractivity contribution in [1.29, 1.82) is 0 Å². The molecule has 1 spiro atoms. The second-order valence-electron chi connectivity index (χ2n) is 11.3. The molecule has 0 bridgehead atoms. The first-order valence-corrected chi connectivity index (χ1v) is 13.6. The average Bonchev–Trinajstić information content (AvgIpc) is 3.26. The van der Waals surface area contributed by atoms with Gasteiger partial charge in [0.15, 0.2) is 17.2 Å². The van der Waals surface area contributed by atoms with Crippen LogP contribution < -0.4 is 20.5 Å². The number of hydrogen-bond acceptors (Lipinski definition) is 5. The van der Waals surface area contributed by atoms with Crippen molar-refractivity contribution in [2.45, 2.75) is 56.5 Å². The average molecular weight is 591 g/mol. The van der Waals surface area contributed by atoms with E-state index in [9.17, 15) is 18.7 Å². The summed E-state index contributed by atoms with van der Waals surface area (Å²) >= 11 is 6.41. The summed E-state index contributed by atoms with van der Waals surface area (Å²) in [5, 5.41) is 12.8. The van der Waals surface area contributed by atoms with E-state index in [0.29, 0.717) is 12.1 Å². The molecule has 3 aromatic rings. The largest absolute Gasteiger partial charge is 0.480 e. The summed E-state index contributed by atoms with van der Waals surface area (Å²) < 4.78 is 67.8. The van der Waals surface area contributed by atoms with E-state index in [1.807, 2.05) is 30.3 Å². The van der Waals surface area contributed by atoms with Crippen molar-refractivity contribution in [3.05, 3.63) is 81.9 Å². The van der Waals surface area contributed by atoms with Gasteiger partial charge < -0.3 is 25.6 Å². The van der Waals surface area contributed by atoms with Crippen molar-refractivity contribution < 1.29 is 36.9 Å². The summed E-state index contributed by atoms with van der Waals surface area (Å²) in [6.07, 6.45) is 3.27. The van der Waals surface area contributed by atoms with Gasteiger partial charge >= 0.3 is 6.61 Å². The van der Waals surface area contributed by atoms with Gasteiger partial charge in [-0.2, -0.15) is 8.78 Å². The van der Waals surface area contributed by atoms with Gasteiger partial charge in [0.25, 0.3) is 0 Å². The molecule has 1 atom stereocenters. The summed E-state index contributed by atoms with van der Waals surface area (Å²) in [5.74, 6) is -4.10. The van der Waals surface area contributed by atoms with Crippen LogP contribution in [0.1, 0.15) is 47.2 Å². The topological polar surface area (TPSA) is 93.8 Å². The van der Waals surface area contributed by atoms with Crippen molar-refractivity contribution in [2.24, 2.45) is 11.1 Å². The Labute approximate surface area is 238 Å². The van der Waals surface area contributed by atoms with E-state index >= 15 is 8.78 Å². The first-order valence-electron chi connectivity index (χ1n) is 13.3. The van der Waals surface area contributed by atoms with Gasteiger partial charge in [0.1, 0.15) is 11.6 Å². The molecule has 3 aliphatic rings. The fraction of sp³-hybridized carbons (Fsp3) is 0.367. The Balaban J connectivity index is 1.42. The van der Waals surface area contributed by atoms with Crippen LogP contribution in [0, 0.1) is 17.0 Å². The highest BCUT2D eigenvalue weighted by atomic mass is 35.5. The summed E-state index contributed by atoms with van der Waals surface area (Å²) in [6.45, 7) is -3.03. The zero-order valence-corrected chi connectivity index (χ0v) is 22.5. The number of alkyl halides is 2. The lowest BCUT2D eigenvalue weighted by atomic mass is 9.53. The molecule has 0 unspecified atom stereocenters. The van der Waals surface area contributed by atoms with Crippen LogP contribution >= 0.6 is 11.6 Å². The third-order valence-electron chi connectivity index (χ3n) is 8.56. The SMILES string of the molecule is NC(=O)c1ccc(OC(F)F)c(F)c1-c1c(Cl)c(F)cc2c1C[C@](CNC1CC3(CC(O)C3)C1)(c1ccccc1)O2. The molecule has 6 rings (SSSR count). The number of rotatable bonds is 8. The van der Waals surface area contributed by atoms with E-state index in [-0.39, 0.29) is 40.9 Å². The van der Waals surface area contributed by atoms with Crippen LogP contribution in [0.25, 0.3) is 11.1 Å². The van der Waals surface area contributed by atoms with Gasteiger partial charge in [-0.3, -0.25) is 4.79 Å². The van der Waals surface area contributed by atoms with E-state index < -0.39 is 46.1 Å². The third-order valence-corrected chi connectivity index (χ3v) is 8.93. The van der Waals surface area contributed by atoms with Crippen LogP contribution in [-0.2, 0) is 12.0 Å². The number of aliphatic hydroxyl groups is 1. The molecule has 41 heavy (non-hydrogen) atoms. The molecule has 1 amide bonds. The Kier molecular flexibility index (Phi) is 6.91. The zero-order valence-electron chi connectivity index (χ0n) is 21.7. The second kappa shape index (κ2) is 10.2. The molecule has 216 valence electrons. The van der Waals surface area contributed by atoms with E-state index in [0.717, 1.165) is 49.4 Å². The number of benzene rings is 3. The lowest BCUT2D eigenvalue weighted by molar-refractivity contribution is -0.0992. The van der Waals surface area contributed by atoms with Crippen molar-refractivity contribution in [3.63, 3.8) is 0 Å². The molecule has 1 aliphatic heterocycles. The lowest BCUT2D eigenvalue weighted by Crippen LogP contribution is -2.58. The summed E-state index contributed by atoms with van der Waals surface area (Å²) in [6, 6.07) is 12.4. The smallest absolute Gasteiger partial charge is 0.387 e. The van der Waals surface area contributed by atoms with Gasteiger partial charge in [0, 0.05) is 41.8 Å². The van der Waals surface area contributed by atoms with Crippen molar-refractivity contribution >= 4 is 17.5 Å². The van der Waals surface area contributed by atoms with Crippen LogP contribution in [-0.4, -0.2) is 36.3 Å². The number of primary amides is 1. The highest BCUT2D eigenvalue weighted by Crippen LogP contribution is 2.56. The molecule has 6 nitrogen and oxygen atoms in total. The Morgan fingerprint density at radius 1 is 1.12 bits per heavy atom. The number of ether oxygens (including phenoxy) is 2. The standard InChI is InChI=1S/C30H27ClF4N2O4/c31-25-20(32)8-22-19(23(25)24-18(27(36)39)6-7-21(26(24)33)40-28(34)35)13-30(41-22,15-4-2-1-3-5-15)14-37-16-9-29(10-16)11-17(38)12-29/h1-8,16-17,28,37-38H,9-14H2,(H2,36,39)/t16?,17?,29?,30-/m0/s1. The quantitative estimate of drug-likeness (QED) is 0.292. The van der Waals surface area contributed by atoms with Crippen LogP contribution in [0.5, 0.6) is 11.5 Å². The van der Waals surface area contributed by atoms with Gasteiger partial charge in [0.2, 0.25) is 5.91 Å². The molecular weight excluding hydrogens is 564 g/mol. The number of fused-ring (bicyclic) bond motifs is 1. The highest BCUT2D eigenvalue weighted by Gasteiger charge is 2.53. The molecule has 2 saturated carbocycles. The molecule has 2 fully saturated rings. The molecular formula is C30H27ClF4N2O4. The molecule has 0 aromatic heterocycles. The monoisotopic (exact) mass is 590 g/mol. The summed E-state index contributed by atoms with van der Waals surface area (Å²) in [5.41, 5.74) is 4.56. The Morgan fingerprint density at radius 2 is 1.83 bits per heavy atom. The van der Waals surface area contributed by atoms with E-state index in [4.69, 9.17) is 22.1 Å². The number of nitrogens with two attached hydrogens (primary N) is 1. The molecule has 0 radical (unpaired) electrons. The molecule has 4 N–H and O–H groups in total. The van der Waals surface area contributed by atoms with Crippen LogP contribution in [0.2, 0.25) is 5.02 Å². The number of amides is 1. The maximum Gasteiger partial charge on any atom is 0.387 e. The predicted octanol–water partition coefficient (Wildman–Crippen LogP) is 5.71. The van der Waals surface area contributed by atoms with Gasteiger partial charge in [-0.25, -0.2) is 8.78 Å². The second-order valence-corrected chi connectivity index (χ2v) is 11.6. The third kappa shape index (κ3) is 4.81. The molecule has 2 aliphatic carbocycles. The van der Waals surface area contributed by atoms with E-state index in [2.05, 4.69) is 10.1 Å². The summed E-state index contributed by atoms with van der Waals surface area (Å²) in [4.78, 5) is 12.3. The lowest BCUT2D eigenvalue weighted by Gasteiger charge is -2.56. The first-order chi connectivity index (χ1) is 19.5. The predicted molar refractivity (Wildman–Crippen MR) is 143 cm³/mol. The minimum absolute atomic E-state index is 0.0785. The highest BCUT2D eigenvalue weighted by molar-refractivity contribution is 6.34. The molecule has 0 saturated heterocycles. The Hall–Kier alpha value is -3.34. The minimum atomic E-state index is -3.35. The normalized spacial score (nSPS) is 26.3. The summed E-state index contributed by atoms with van der Waals surface area (Å²) in [7, 11) is 0. The molecule has 11 heteroatoms. The van der Waals surface area contributed by atoms with Crippen LogP contribution in [0.4, 0.5) is 17.6 Å². The maximum absolute atomic E-state index is 15.8.